The topological polar surface area (TPSA) is 58.8 Å². The summed E-state index contributed by atoms with van der Waals surface area (Å²) < 4.78 is 5.06. The molecule has 5 heteroatoms. The van der Waals surface area contributed by atoms with Gasteiger partial charge in [-0.15, -0.1) is 0 Å². The molecule has 0 spiro atoms. The number of nitrogen functional groups attached to an aromatic ring is 1. The van der Waals surface area contributed by atoms with E-state index in [1.165, 1.54) is 0 Å². The summed E-state index contributed by atoms with van der Waals surface area (Å²) in [5, 5.41) is 0. The number of hydrogen-bond acceptors (Lipinski definition) is 5. The van der Waals surface area contributed by atoms with Gasteiger partial charge in [0.05, 0.1) is 13.2 Å². The SMILES string of the molecule is CCOC(=O)CN1C(C)CN(c2cccc(N)c2)CC1C. The second kappa shape index (κ2) is 6.80. The van der Waals surface area contributed by atoms with Gasteiger partial charge in [-0.05, 0) is 39.0 Å². The maximum Gasteiger partial charge on any atom is 0.320 e. The van der Waals surface area contributed by atoms with Crippen LogP contribution >= 0.6 is 0 Å². The largest absolute Gasteiger partial charge is 0.465 e. The molecule has 0 radical (unpaired) electrons. The lowest BCUT2D eigenvalue weighted by molar-refractivity contribution is -0.145. The molecule has 21 heavy (non-hydrogen) atoms. The van der Waals surface area contributed by atoms with Gasteiger partial charge in [-0.3, -0.25) is 9.69 Å². The van der Waals surface area contributed by atoms with E-state index in [9.17, 15) is 4.79 Å². The fraction of sp³-hybridized carbons (Fsp3) is 0.562. The number of benzene rings is 1. The molecule has 0 amide bonds. The van der Waals surface area contributed by atoms with Crippen molar-refractivity contribution in [3.05, 3.63) is 24.3 Å². The van der Waals surface area contributed by atoms with Crippen LogP contribution in [-0.2, 0) is 9.53 Å². The molecule has 116 valence electrons. The first-order chi connectivity index (χ1) is 10.0. The van der Waals surface area contributed by atoms with E-state index in [0.29, 0.717) is 25.2 Å². The van der Waals surface area contributed by atoms with E-state index in [4.69, 9.17) is 10.5 Å². The van der Waals surface area contributed by atoms with E-state index in [2.05, 4.69) is 29.7 Å². The Balaban J connectivity index is 2.03. The van der Waals surface area contributed by atoms with Gasteiger partial charge < -0.3 is 15.4 Å². The number of hydrogen-bond donors (Lipinski definition) is 1. The lowest BCUT2D eigenvalue weighted by Gasteiger charge is -2.45. The number of ether oxygens (including phenoxy) is 1. The Morgan fingerprint density at radius 2 is 2.00 bits per heavy atom. The molecule has 2 N–H and O–H groups in total. The van der Waals surface area contributed by atoms with Crippen LogP contribution < -0.4 is 10.6 Å². The van der Waals surface area contributed by atoms with E-state index < -0.39 is 0 Å². The Kier molecular flexibility index (Phi) is 5.07. The van der Waals surface area contributed by atoms with Crippen LogP contribution in [-0.4, -0.2) is 49.2 Å². The van der Waals surface area contributed by atoms with Gasteiger partial charge >= 0.3 is 5.97 Å². The van der Waals surface area contributed by atoms with E-state index in [-0.39, 0.29) is 5.97 Å². The predicted octanol–water partition coefficient (Wildman–Crippen LogP) is 1.73. The highest BCUT2D eigenvalue weighted by Crippen LogP contribution is 2.23. The Morgan fingerprint density at radius 1 is 1.33 bits per heavy atom. The molecule has 0 aromatic heterocycles. The summed E-state index contributed by atoms with van der Waals surface area (Å²) in [6.07, 6.45) is 0. The maximum absolute atomic E-state index is 11.7. The Hall–Kier alpha value is -1.75. The standard InChI is InChI=1S/C16H25N3O2/c1-4-21-16(20)11-19-12(2)9-18(10-13(19)3)15-7-5-6-14(17)8-15/h5-8,12-13H,4,9-11,17H2,1-3H3. The van der Waals surface area contributed by atoms with E-state index in [1.54, 1.807) is 0 Å². The number of piperazine rings is 1. The molecule has 0 bridgehead atoms. The molecule has 1 saturated heterocycles. The van der Waals surface area contributed by atoms with Crippen molar-refractivity contribution in [2.75, 3.05) is 36.9 Å². The molecule has 2 rings (SSSR count). The maximum atomic E-state index is 11.7. The van der Waals surface area contributed by atoms with Crippen molar-refractivity contribution >= 4 is 17.3 Å². The third kappa shape index (κ3) is 3.88. The zero-order valence-electron chi connectivity index (χ0n) is 13.1. The lowest BCUT2D eigenvalue weighted by atomic mass is 10.1. The normalized spacial score (nSPS) is 23.1. The molecule has 1 heterocycles. The summed E-state index contributed by atoms with van der Waals surface area (Å²) in [4.78, 5) is 16.2. The molecular weight excluding hydrogens is 266 g/mol. The first kappa shape index (κ1) is 15.6. The van der Waals surface area contributed by atoms with Crippen LogP contribution in [0.1, 0.15) is 20.8 Å². The first-order valence-corrected chi connectivity index (χ1v) is 7.53. The van der Waals surface area contributed by atoms with Crippen molar-refractivity contribution in [1.29, 1.82) is 0 Å². The van der Waals surface area contributed by atoms with Crippen molar-refractivity contribution in [3.8, 4) is 0 Å². The minimum Gasteiger partial charge on any atom is -0.465 e. The van der Waals surface area contributed by atoms with Crippen molar-refractivity contribution in [3.63, 3.8) is 0 Å². The second-order valence-corrected chi connectivity index (χ2v) is 5.68. The Morgan fingerprint density at radius 3 is 2.57 bits per heavy atom. The van der Waals surface area contributed by atoms with E-state index >= 15 is 0 Å². The fourth-order valence-electron chi connectivity index (χ4n) is 2.96. The summed E-state index contributed by atoms with van der Waals surface area (Å²) in [6.45, 7) is 8.69. The average molecular weight is 291 g/mol. The second-order valence-electron chi connectivity index (χ2n) is 5.68. The van der Waals surface area contributed by atoms with Crippen molar-refractivity contribution in [2.45, 2.75) is 32.9 Å². The average Bonchev–Trinajstić information content (AvgIpc) is 2.43. The number of anilines is 2. The van der Waals surface area contributed by atoms with Crippen LogP contribution in [0.4, 0.5) is 11.4 Å². The summed E-state index contributed by atoms with van der Waals surface area (Å²) in [5.41, 5.74) is 7.79. The van der Waals surface area contributed by atoms with Crippen LogP contribution in [0.3, 0.4) is 0 Å². The quantitative estimate of drug-likeness (QED) is 0.676. The number of carbonyl (C=O) groups is 1. The number of esters is 1. The number of nitrogens with two attached hydrogens (primary N) is 1. The Bertz CT molecular complexity index is 480. The minimum atomic E-state index is -0.145. The highest BCUT2D eigenvalue weighted by molar-refractivity contribution is 5.71. The van der Waals surface area contributed by atoms with E-state index in [1.807, 2.05) is 25.1 Å². The van der Waals surface area contributed by atoms with Crippen molar-refractivity contribution in [2.24, 2.45) is 0 Å². The van der Waals surface area contributed by atoms with Crippen LogP contribution in [0.25, 0.3) is 0 Å². The van der Waals surface area contributed by atoms with Gasteiger partial charge in [-0.25, -0.2) is 0 Å². The van der Waals surface area contributed by atoms with Gasteiger partial charge in [0.15, 0.2) is 0 Å². The molecule has 5 nitrogen and oxygen atoms in total. The van der Waals surface area contributed by atoms with Crippen LogP contribution in [0.2, 0.25) is 0 Å². The van der Waals surface area contributed by atoms with Crippen molar-refractivity contribution < 1.29 is 9.53 Å². The molecule has 1 aliphatic heterocycles. The Labute approximate surface area is 126 Å². The zero-order valence-corrected chi connectivity index (χ0v) is 13.1. The zero-order chi connectivity index (χ0) is 15.4. The number of rotatable bonds is 4. The highest BCUT2D eigenvalue weighted by atomic mass is 16.5. The molecule has 2 unspecified atom stereocenters. The smallest absolute Gasteiger partial charge is 0.320 e. The first-order valence-electron chi connectivity index (χ1n) is 7.53. The molecule has 0 saturated carbocycles. The molecule has 1 fully saturated rings. The van der Waals surface area contributed by atoms with Gasteiger partial charge in [0.1, 0.15) is 0 Å². The molecule has 1 aromatic rings. The van der Waals surface area contributed by atoms with Gasteiger partial charge in [-0.2, -0.15) is 0 Å². The minimum absolute atomic E-state index is 0.145. The third-order valence-electron chi connectivity index (χ3n) is 3.95. The summed E-state index contributed by atoms with van der Waals surface area (Å²) >= 11 is 0. The summed E-state index contributed by atoms with van der Waals surface area (Å²) in [6, 6.07) is 8.54. The van der Waals surface area contributed by atoms with Crippen LogP contribution in [0.15, 0.2) is 24.3 Å². The van der Waals surface area contributed by atoms with Gasteiger partial charge in [0.25, 0.3) is 0 Å². The highest BCUT2D eigenvalue weighted by Gasteiger charge is 2.31. The molecule has 1 aliphatic rings. The van der Waals surface area contributed by atoms with Gasteiger partial charge in [-0.1, -0.05) is 6.07 Å². The molecular formula is C16H25N3O2. The lowest BCUT2D eigenvalue weighted by Crippen LogP contribution is -2.58. The number of carbonyl (C=O) groups excluding carboxylic acids is 1. The van der Waals surface area contributed by atoms with E-state index in [0.717, 1.165) is 24.5 Å². The van der Waals surface area contributed by atoms with Crippen LogP contribution in [0.5, 0.6) is 0 Å². The van der Waals surface area contributed by atoms with Gasteiger partial charge in [0.2, 0.25) is 0 Å². The van der Waals surface area contributed by atoms with Crippen molar-refractivity contribution in [1.82, 2.24) is 4.90 Å². The summed E-state index contributed by atoms with van der Waals surface area (Å²) in [7, 11) is 0. The predicted molar refractivity (Wildman–Crippen MR) is 85.3 cm³/mol. The summed E-state index contributed by atoms with van der Waals surface area (Å²) in [5.74, 6) is -0.145. The molecule has 0 aliphatic carbocycles. The van der Waals surface area contributed by atoms with Gasteiger partial charge in [0, 0.05) is 36.5 Å². The van der Waals surface area contributed by atoms with Crippen LogP contribution in [0, 0.1) is 0 Å². The fourth-order valence-corrected chi connectivity index (χ4v) is 2.96. The third-order valence-corrected chi connectivity index (χ3v) is 3.95. The molecule has 1 aromatic carbocycles. The molecule has 2 atom stereocenters. The monoisotopic (exact) mass is 291 g/mol. The number of nitrogens with zero attached hydrogens (tertiary/aromatic N) is 2.